The van der Waals surface area contributed by atoms with Gasteiger partial charge in [-0.25, -0.2) is 0 Å². The van der Waals surface area contributed by atoms with Gasteiger partial charge in [0.15, 0.2) is 0 Å². The van der Waals surface area contributed by atoms with Crippen molar-refractivity contribution in [3.8, 4) is 5.75 Å². The molecule has 4 nitrogen and oxygen atoms in total. The summed E-state index contributed by atoms with van der Waals surface area (Å²) in [6.45, 7) is 4.96. The van der Waals surface area contributed by atoms with Crippen LogP contribution >= 0.6 is 15.9 Å². The first-order valence-electron chi connectivity index (χ1n) is 7.33. The first-order chi connectivity index (χ1) is 10.0. The van der Waals surface area contributed by atoms with E-state index in [1.165, 1.54) is 5.56 Å². The fourth-order valence-corrected chi connectivity index (χ4v) is 3.96. The molecule has 0 aliphatic heterocycles. The van der Waals surface area contributed by atoms with Gasteiger partial charge in [0.05, 0.1) is 12.0 Å². The van der Waals surface area contributed by atoms with Gasteiger partial charge in [-0.15, -0.1) is 10.2 Å². The maximum Gasteiger partial charge on any atom is 0.143 e. The summed E-state index contributed by atoms with van der Waals surface area (Å²) in [6.07, 6.45) is 3.98. The molecule has 0 bridgehead atoms. The summed E-state index contributed by atoms with van der Waals surface area (Å²) in [7, 11) is 2.02. The van der Waals surface area contributed by atoms with Crippen LogP contribution in [0.2, 0.25) is 0 Å². The molecule has 1 fully saturated rings. The van der Waals surface area contributed by atoms with Gasteiger partial charge in [0.1, 0.15) is 17.9 Å². The Bertz CT molecular complexity index is 647. The highest BCUT2D eigenvalue weighted by molar-refractivity contribution is 9.10. The maximum atomic E-state index is 5.69. The Morgan fingerprint density at radius 3 is 2.71 bits per heavy atom. The number of halogens is 1. The minimum Gasteiger partial charge on any atom is -0.494 e. The molecule has 0 saturated heterocycles. The number of ether oxygens (including phenoxy) is 1. The fraction of sp³-hybridized carbons (Fsp3) is 0.500. The predicted octanol–water partition coefficient (Wildman–Crippen LogP) is 3.69. The van der Waals surface area contributed by atoms with E-state index < -0.39 is 0 Å². The summed E-state index contributed by atoms with van der Waals surface area (Å²) in [5.41, 5.74) is 1.22. The van der Waals surface area contributed by atoms with E-state index >= 15 is 0 Å². The Labute approximate surface area is 133 Å². The molecule has 0 radical (unpaired) electrons. The van der Waals surface area contributed by atoms with Crippen molar-refractivity contribution in [1.82, 2.24) is 14.8 Å². The Balaban J connectivity index is 2.08. The molecule has 1 heterocycles. The normalized spacial score (nSPS) is 24.7. The van der Waals surface area contributed by atoms with Gasteiger partial charge in [0, 0.05) is 11.5 Å². The van der Waals surface area contributed by atoms with E-state index in [-0.39, 0.29) is 5.41 Å². The molecular formula is C16H20BrN3O. The molecule has 0 spiro atoms. The molecule has 5 heteroatoms. The molecule has 1 aromatic heterocycles. The Morgan fingerprint density at radius 1 is 1.38 bits per heavy atom. The highest BCUT2D eigenvalue weighted by Gasteiger charge is 2.48. The average molecular weight is 350 g/mol. The third-order valence-corrected chi connectivity index (χ3v) is 4.73. The molecule has 0 N–H and O–H groups in total. The topological polar surface area (TPSA) is 39.9 Å². The number of aryl methyl sites for hydroxylation is 1. The van der Waals surface area contributed by atoms with Gasteiger partial charge >= 0.3 is 0 Å². The summed E-state index contributed by atoms with van der Waals surface area (Å²) in [4.78, 5) is 0. The molecule has 1 saturated carbocycles. The zero-order valence-corrected chi connectivity index (χ0v) is 14.2. The van der Waals surface area contributed by atoms with Crippen molar-refractivity contribution in [3.05, 3.63) is 40.4 Å². The summed E-state index contributed by atoms with van der Waals surface area (Å²) in [5.74, 6) is 2.65. The lowest BCUT2D eigenvalue weighted by atomic mass is 9.58. The number of rotatable bonds is 4. The van der Waals surface area contributed by atoms with Crippen LogP contribution in [0.4, 0.5) is 0 Å². The van der Waals surface area contributed by atoms with E-state index in [2.05, 4.69) is 45.2 Å². The number of benzene rings is 1. The lowest BCUT2D eigenvalue weighted by Crippen LogP contribution is -2.43. The lowest BCUT2D eigenvalue weighted by Gasteiger charge is -2.46. The first-order valence-corrected chi connectivity index (χ1v) is 8.13. The second-order valence-corrected chi connectivity index (χ2v) is 6.89. The van der Waals surface area contributed by atoms with Gasteiger partial charge in [-0.1, -0.05) is 22.9 Å². The van der Waals surface area contributed by atoms with Gasteiger partial charge in [0.2, 0.25) is 0 Å². The molecule has 21 heavy (non-hydrogen) atoms. The largest absolute Gasteiger partial charge is 0.494 e. The number of aromatic nitrogens is 3. The molecular weight excluding hydrogens is 330 g/mol. The highest BCUT2D eigenvalue weighted by Crippen LogP contribution is 2.52. The molecule has 3 rings (SSSR count). The van der Waals surface area contributed by atoms with Crippen LogP contribution in [0.5, 0.6) is 5.75 Å². The Morgan fingerprint density at radius 2 is 2.14 bits per heavy atom. The van der Waals surface area contributed by atoms with Crippen LogP contribution in [0.15, 0.2) is 29.0 Å². The molecule has 112 valence electrons. The van der Waals surface area contributed by atoms with Gasteiger partial charge < -0.3 is 9.30 Å². The standard InChI is InChI=1S/C16H20BrN3O/c1-4-21-14-6-12(5-13(17)7-14)16(8-11(2)9-16)15-19-18-10-20(15)3/h5-7,10-11H,4,8-9H2,1-3H3. The van der Waals surface area contributed by atoms with Crippen LogP contribution in [0.1, 0.15) is 38.1 Å². The molecule has 2 aromatic rings. The molecule has 0 amide bonds. The van der Waals surface area contributed by atoms with Crippen molar-refractivity contribution in [2.45, 2.75) is 32.1 Å². The SMILES string of the molecule is CCOc1cc(Br)cc(C2(c3nncn3C)CC(C)C2)c1. The van der Waals surface area contributed by atoms with Gasteiger partial charge in [-0.05, 0) is 49.4 Å². The summed E-state index contributed by atoms with van der Waals surface area (Å²) in [6, 6.07) is 6.34. The van der Waals surface area contributed by atoms with Crippen molar-refractivity contribution in [3.63, 3.8) is 0 Å². The van der Waals surface area contributed by atoms with E-state index in [9.17, 15) is 0 Å². The molecule has 1 aliphatic carbocycles. The van der Waals surface area contributed by atoms with E-state index in [4.69, 9.17) is 4.74 Å². The van der Waals surface area contributed by atoms with Gasteiger partial charge in [-0.3, -0.25) is 0 Å². The van der Waals surface area contributed by atoms with Crippen molar-refractivity contribution >= 4 is 15.9 Å². The van der Waals surface area contributed by atoms with Gasteiger partial charge in [0.25, 0.3) is 0 Å². The Kier molecular flexibility index (Phi) is 3.78. The molecule has 0 unspecified atom stereocenters. The van der Waals surface area contributed by atoms with Crippen LogP contribution in [-0.2, 0) is 12.5 Å². The summed E-state index contributed by atoms with van der Waals surface area (Å²) >= 11 is 3.60. The van der Waals surface area contributed by atoms with Crippen LogP contribution in [0.25, 0.3) is 0 Å². The number of nitrogens with zero attached hydrogens (tertiary/aromatic N) is 3. The van der Waals surface area contributed by atoms with Crippen molar-refractivity contribution in [2.24, 2.45) is 13.0 Å². The zero-order valence-electron chi connectivity index (χ0n) is 12.6. The second kappa shape index (κ2) is 5.44. The fourth-order valence-electron chi connectivity index (χ4n) is 3.48. The van der Waals surface area contributed by atoms with Crippen molar-refractivity contribution in [2.75, 3.05) is 6.61 Å². The zero-order chi connectivity index (χ0) is 15.0. The molecule has 1 aliphatic rings. The highest BCUT2D eigenvalue weighted by atomic mass is 79.9. The minimum atomic E-state index is -0.0414. The van der Waals surface area contributed by atoms with Gasteiger partial charge in [-0.2, -0.15) is 0 Å². The van der Waals surface area contributed by atoms with Crippen molar-refractivity contribution < 1.29 is 4.74 Å². The number of hydrogen-bond donors (Lipinski definition) is 0. The van der Waals surface area contributed by atoms with E-state index in [0.717, 1.165) is 28.9 Å². The molecule has 0 atom stereocenters. The average Bonchev–Trinajstić information content (AvgIpc) is 2.81. The third kappa shape index (κ3) is 2.48. The van der Waals surface area contributed by atoms with E-state index in [1.54, 1.807) is 6.33 Å². The predicted molar refractivity (Wildman–Crippen MR) is 85.5 cm³/mol. The minimum absolute atomic E-state index is 0.0414. The van der Waals surface area contributed by atoms with Crippen LogP contribution in [0, 0.1) is 5.92 Å². The second-order valence-electron chi connectivity index (χ2n) is 5.97. The smallest absolute Gasteiger partial charge is 0.143 e. The number of hydrogen-bond acceptors (Lipinski definition) is 3. The Hall–Kier alpha value is -1.36. The lowest BCUT2D eigenvalue weighted by molar-refractivity contribution is 0.184. The summed E-state index contributed by atoms with van der Waals surface area (Å²) in [5, 5.41) is 8.45. The monoisotopic (exact) mass is 349 g/mol. The quantitative estimate of drug-likeness (QED) is 0.844. The first kappa shape index (κ1) is 14.6. The third-order valence-electron chi connectivity index (χ3n) is 4.27. The van der Waals surface area contributed by atoms with E-state index in [1.807, 2.05) is 24.6 Å². The van der Waals surface area contributed by atoms with Crippen LogP contribution in [-0.4, -0.2) is 21.4 Å². The molecule has 1 aromatic carbocycles. The van der Waals surface area contributed by atoms with Crippen LogP contribution in [0.3, 0.4) is 0 Å². The van der Waals surface area contributed by atoms with E-state index in [0.29, 0.717) is 12.5 Å². The van der Waals surface area contributed by atoms with Crippen molar-refractivity contribution in [1.29, 1.82) is 0 Å². The van der Waals surface area contributed by atoms with Crippen LogP contribution < -0.4 is 4.74 Å². The maximum absolute atomic E-state index is 5.69. The summed E-state index contributed by atoms with van der Waals surface area (Å²) < 4.78 is 8.77.